The Morgan fingerprint density at radius 3 is 2.31 bits per heavy atom. The molecule has 1 N–H and O–H groups in total. The maximum absolute atomic E-state index is 12.4. The smallest absolute Gasteiger partial charge is 0.240 e. The summed E-state index contributed by atoms with van der Waals surface area (Å²) in [6.45, 7) is 8.54. The largest absolute Gasteiger partial charge is 0.351 e. The number of carbonyl (C=O) groups is 1. The summed E-state index contributed by atoms with van der Waals surface area (Å²) in [5.74, 6) is 1.45. The van der Waals surface area contributed by atoms with Crippen LogP contribution in [0.25, 0.3) is 0 Å². The molecule has 3 rings (SSSR count). The number of nitrogens with zero attached hydrogens (tertiary/aromatic N) is 2. The molecule has 0 spiro atoms. The van der Waals surface area contributed by atoms with Crippen molar-refractivity contribution in [3.63, 3.8) is 0 Å². The molecule has 1 saturated carbocycles. The number of nitrogens with one attached hydrogen (secondary N) is 1. The van der Waals surface area contributed by atoms with Gasteiger partial charge in [-0.05, 0) is 42.2 Å². The molecule has 2 fully saturated rings. The van der Waals surface area contributed by atoms with E-state index in [0.29, 0.717) is 19.4 Å². The molecule has 4 heteroatoms. The fourth-order valence-electron chi connectivity index (χ4n) is 4.66. The van der Waals surface area contributed by atoms with E-state index in [0.717, 1.165) is 36.8 Å². The van der Waals surface area contributed by atoms with E-state index >= 15 is 0 Å². The topological polar surface area (TPSA) is 56.1 Å². The van der Waals surface area contributed by atoms with E-state index in [1.807, 2.05) is 0 Å². The lowest BCUT2D eigenvalue weighted by atomic mass is 9.87. The zero-order valence-electron chi connectivity index (χ0n) is 16.1. The lowest BCUT2D eigenvalue weighted by molar-refractivity contribution is -0.128. The highest BCUT2D eigenvalue weighted by Gasteiger charge is 2.41. The minimum Gasteiger partial charge on any atom is -0.351 e. The number of hydrogen-bond acceptors (Lipinski definition) is 3. The van der Waals surface area contributed by atoms with Crippen LogP contribution in [-0.2, 0) is 17.9 Å². The standard InChI is InChI=1S/C22H31N3O/c1-17-11-18(2)14-25(13-17)15-20-7-5-19(6-8-20)12-24-21(26)22(16-23)9-3-4-10-22/h5-8,17-18H,3-4,9-15H2,1-2H3,(H,24,26). The summed E-state index contributed by atoms with van der Waals surface area (Å²) >= 11 is 0. The third-order valence-corrected chi connectivity index (χ3v) is 5.93. The Balaban J connectivity index is 1.52. The normalized spacial score (nSPS) is 25.6. The highest BCUT2D eigenvalue weighted by atomic mass is 16.2. The van der Waals surface area contributed by atoms with Crippen molar-refractivity contribution >= 4 is 5.91 Å². The molecule has 2 atom stereocenters. The summed E-state index contributed by atoms with van der Waals surface area (Å²) in [6, 6.07) is 10.8. The molecule has 2 unspecified atom stereocenters. The van der Waals surface area contributed by atoms with Gasteiger partial charge in [0.1, 0.15) is 5.41 Å². The predicted octanol–water partition coefficient (Wildman–Crippen LogP) is 3.86. The monoisotopic (exact) mass is 353 g/mol. The number of likely N-dealkylation sites (tertiary alicyclic amines) is 1. The van der Waals surface area contributed by atoms with Crippen LogP contribution >= 0.6 is 0 Å². The summed E-state index contributed by atoms with van der Waals surface area (Å²) in [7, 11) is 0. The quantitative estimate of drug-likeness (QED) is 0.874. The molecule has 0 radical (unpaired) electrons. The summed E-state index contributed by atoms with van der Waals surface area (Å²) in [4.78, 5) is 15.0. The van der Waals surface area contributed by atoms with Crippen LogP contribution < -0.4 is 5.32 Å². The van der Waals surface area contributed by atoms with Crippen LogP contribution in [-0.4, -0.2) is 23.9 Å². The van der Waals surface area contributed by atoms with Crippen LogP contribution in [0.5, 0.6) is 0 Å². The van der Waals surface area contributed by atoms with Gasteiger partial charge >= 0.3 is 0 Å². The van der Waals surface area contributed by atoms with Crippen molar-refractivity contribution < 1.29 is 4.79 Å². The second kappa shape index (κ2) is 8.22. The first-order chi connectivity index (χ1) is 12.5. The number of nitriles is 1. The molecular formula is C22H31N3O. The second-order valence-electron chi connectivity index (χ2n) is 8.54. The van der Waals surface area contributed by atoms with Crippen molar-refractivity contribution in [3.8, 4) is 6.07 Å². The third kappa shape index (κ3) is 4.45. The maximum Gasteiger partial charge on any atom is 0.240 e. The number of carbonyl (C=O) groups excluding carboxylic acids is 1. The zero-order valence-corrected chi connectivity index (χ0v) is 16.1. The SMILES string of the molecule is CC1CC(C)CN(Cc2ccc(CNC(=O)C3(C#N)CCCC3)cc2)C1. The average molecular weight is 354 g/mol. The molecule has 26 heavy (non-hydrogen) atoms. The molecule has 1 aromatic carbocycles. The van der Waals surface area contributed by atoms with Crippen LogP contribution in [0.1, 0.15) is 57.1 Å². The van der Waals surface area contributed by atoms with Gasteiger partial charge in [0, 0.05) is 26.2 Å². The van der Waals surface area contributed by atoms with Gasteiger partial charge in [0.25, 0.3) is 0 Å². The Morgan fingerprint density at radius 2 is 1.73 bits per heavy atom. The van der Waals surface area contributed by atoms with Crippen molar-refractivity contribution in [2.24, 2.45) is 17.3 Å². The fourth-order valence-corrected chi connectivity index (χ4v) is 4.66. The molecule has 1 aliphatic carbocycles. The Bertz CT molecular complexity index is 645. The van der Waals surface area contributed by atoms with Crippen molar-refractivity contribution in [2.45, 2.75) is 59.0 Å². The predicted molar refractivity (Wildman–Crippen MR) is 103 cm³/mol. The number of rotatable bonds is 5. The lowest BCUT2D eigenvalue weighted by Gasteiger charge is -2.35. The van der Waals surface area contributed by atoms with Crippen molar-refractivity contribution in [2.75, 3.05) is 13.1 Å². The molecule has 1 aromatic rings. The van der Waals surface area contributed by atoms with E-state index in [-0.39, 0.29) is 5.91 Å². The Hall–Kier alpha value is -1.86. The summed E-state index contributed by atoms with van der Waals surface area (Å²) in [5, 5.41) is 12.4. The molecular weight excluding hydrogens is 322 g/mol. The van der Waals surface area contributed by atoms with Gasteiger partial charge in [-0.15, -0.1) is 0 Å². The number of hydrogen-bond donors (Lipinski definition) is 1. The molecule has 1 saturated heterocycles. The molecule has 140 valence electrons. The van der Waals surface area contributed by atoms with E-state index in [2.05, 4.69) is 54.4 Å². The lowest BCUT2D eigenvalue weighted by Crippen LogP contribution is -2.38. The van der Waals surface area contributed by atoms with Crippen LogP contribution in [0.2, 0.25) is 0 Å². The Kier molecular flexibility index (Phi) is 5.98. The molecule has 1 heterocycles. The van der Waals surface area contributed by atoms with Crippen molar-refractivity contribution in [1.82, 2.24) is 10.2 Å². The molecule has 1 amide bonds. The summed E-state index contributed by atoms with van der Waals surface area (Å²) in [5.41, 5.74) is 1.63. The summed E-state index contributed by atoms with van der Waals surface area (Å²) < 4.78 is 0. The van der Waals surface area contributed by atoms with Crippen LogP contribution in [0, 0.1) is 28.6 Å². The van der Waals surface area contributed by atoms with E-state index in [4.69, 9.17) is 0 Å². The van der Waals surface area contributed by atoms with Gasteiger partial charge in [-0.3, -0.25) is 9.69 Å². The van der Waals surface area contributed by atoms with Crippen LogP contribution in [0.4, 0.5) is 0 Å². The van der Waals surface area contributed by atoms with Gasteiger partial charge in [-0.1, -0.05) is 51.0 Å². The average Bonchev–Trinajstić information content (AvgIpc) is 3.10. The van der Waals surface area contributed by atoms with E-state index in [1.54, 1.807) is 0 Å². The molecule has 2 aliphatic rings. The van der Waals surface area contributed by atoms with E-state index < -0.39 is 5.41 Å². The molecule has 0 aromatic heterocycles. The highest BCUT2D eigenvalue weighted by molar-refractivity contribution is 5.85. The van der Waals surface area contributed by atoms with Gasteiger partial charge in [0.05, 0.1) is 6.07 Å². The minimum absolute atomic E-state index is 0.0992. The molecule has 0 bridgehead atoms. The first-order valence-corrected chi connectivity index (χ1v) is 10.0. The van der Waals surface area contributed by atoms with Crippen LogP contribution in [0.3, 0.4) is 0 Å². The van der Waals surface area contributed by atoms with E-state index in [9.17, 15) is 10.1 Å². The van der Waals surface area contributed by atoms with Crippen molar-refractivity contribution in [3.05, 3.63) is 35.4 Å². The maximum atomic E-state index is 12.4. The number of amides is 1. The number of piperidine rings is 1. The molecule has 4 nitrogen and oxygen atoms in total. The van der Waals surface area contributed by atoms with Crippen LogP contribution in [0.15, 0.2) is 24.3 Å². The Morgan fingerprint density at radius 1 is 1.15 bits per heavy atom. The zero-order chi connectivity index (χ0) is 18.6. The fraction of sp³-hybridized carbons (Fsp3) is 0.636. The second-order valence-corrected chi connectivity index (χ2v) is 8.54. The first-order valence-electron chi connectivity index (χ1n) is 10.0. The van der Waals surface area contributed by atoms with Gasteiger partial charge in [-0.2, -0.15) is 5.26 Å². The third-order valence-electron chi connectivity index (χ3n) is 5.93. The van der Waals surface area contributed by atoms with Crippen molar-refractivity contribution in [1.29, 1.82) is 5.26 Å². The highest BCUT2D eigenvalue weighted by Crippen LogP contribution is 2.37. The van der Waals surface area contributed by atoms with Gasteiger partial charge < -0.3 is 5.32 Å². The number of benzene rings is 1. The molecule has 1 aliphatic heterocycles. The van der Waals surface area contributed by atoms with Gasteiger partial charge in [-0.25, -0.2) is 0 Å². The summed E-state index contributed by atoms with van der Waals surface area (Å²) in [6.07, 6.45) is 4.67. The first kappa shape index (κ1) is 18.9. The van der Waals surface area contributed by atoms with Gasteiger partial charge in [0.15, 0.2) is 0 Å². The van der Waals surface area contributed by atoms with Gasteiger partial charge in [0.2, 0.25) is 5.91 Å². The Labute approximate surface area is 157 Å². The minimum atomic E-state index is -0.790. The van der Waals surface area contributed by atoms with E-state index in [1.165, 1.54) is 25.1 Å².